The SMILES string of the molecule is CC(C)N1CCN(c2ncc(C(=O)N3CCCCC3)cc2Cl)CC1. The highest BCUT2D eigenvalue weighted by molar-refractivity contribution is 6.33. The molecule has 1 aromatic rings. The molecule has 132 valence electrons. The van der Waals surface area contributed by atoms with Crippen LogP contribution in [0.4, 0.5) is 5.82 Å². The summed E-state index contributed by atoms with van der Waals surface area (Å²) in [5, 5.41) is 0.579. The number of likely N-dealkylation sites (tertiary alicyclic amines) is 1. The first-order valence-electron chi connectivity index (χ1n) is 9.00. The van der Waals surface area contributed by atoms with E-state index in [9.17, 15) is 4.79 Å². The zero-order chi connectivity index (χ0) is 17.1. The molecule has 0 aromatic carbocycles. The van der Waals surface area contributed by atoms with Crippen molar-refractivity contribution in [3.63, 3.8) is 0 Å². The third-order valence-corrected chi connectivity index (χ3v) is 5.33. The summed E-state index contributed by atoms with van der Waals surface area (Å²) in [5.74, 6) is 0.857. The Balaban J connectivity index is 1.67. The van der Waals surface area contributed by atoms with Gasteiger partial charge in [-0.3, -0.25) is 9.69 Å². The predicted molar refractivity (Wildman–Crippen MR) is 97.9 cm³/mol. The molecular weight excluding hydrogens is 324 g/mol. The quantitative estimate of drug-likeness (QED) is 0.840. The number of piperidine rings is 1. The first-order valence-corrected chi connectivity index (χ1v) is 9.38. The number of carbonyl (C=O) groups excluding carboxylic acids is 1. The van der Waals surface area contributed by atoms with Crippen LogP contribution in [-0.2, 0) is 0 Å². The van der Waals surface area contributed by atoms with Crippen molar-refractivity contribution in [3.05, 3.63) is 22.8 Å². The van der Waals surface area contributed by atoms with Crippen LogP contribution in [0.3, 0.4) is 0 Å². The highest BCUT2D eigenvalue weighted by Gasteiger charge is 2.23. The number of aromatic nitrogens is 1. The number of anilines is 1. The molecule has 0 saturated carbocycles. The first-order chi connectivity index (χ1) is 11.6. The molecule has 2 fully saturated rings. The standard InChI is InChI=1S/C18H27ClN4O/c1-14(2)21-8-10-22(11-9-21)17-16(19)12-15(13-20-17)18(24)23-6-4-3-5-7-23/h12-14H,3-11H2,1-2H3. The molecule has 0 radical (unpaired) electrons. The Morgan fingerprint density at radius 3 is 2.33 bits per heavy atom. The lowest BCUT2D eigenvalue weighted by molar-refractivity contribution is 0.0724. The van der Waals surface area contributed by atoms with Crippen molar-refractivity contribution in [2.75, 3.05) is 44.2 Å². The molecule has 2 saturated heterocycles. The van der Waals surface area contributed by atoms with Crippen LogP contribution in [0.1, 0.15) is 43.5 Å². The van der Waals surface area contributed by atoms with Crippen molar-refractivity contribution in [1.82, 2.24) is 14.8 Å². The summed E-state index contributed by atoms with van der Waals surface area (Å²) in [6.07, 6.45) is 5.08. The number of amides is 1. The van der Waals surface area contributed by atoms with E-state index >= 15 is 0 Å². The van der Waals surface area contributed by atoms with E-state index in [1.54, 1.807) is 12.3 Å². The molecule has 2 aliphatic rings. The largest absolute Gasteiger partial charge is 0.353 e. The average molecular weight is 351 g/mol. The Hall–Kier alpha value is -1.33. The zero-order valence-corrected chi connectivity index (χ0v) is 15.4. The van der Waals surface area contributed by atoms with Gasteiger partial charge >= 0.3 is 0 Å². The maximum absolute atomic E-state index is 12.6. The van der Waals surface area contributed by atoms with E-state index in [1.165, 1.54) is 6.42 Å². The van der Waals surface area contributed by atoms with Crippen molar-refractivity contribution >= 4 is 23.3 Å². The van der Waals surface area contributed by atoms with Crippen LogP contribution in [0.15, 0.2) is 12.3 Å². The van der Waals surface area contributed by atoms with Crippen LogP contribution in [-0.4, -0.2) is 66.0 Å². The molecule has 3 rings (SSSR count). The van der Waals surface area contributed by atoms with Gasteiger partial charge in [0.05, 0.1) is 10.6 Å². The number of rotatable bonds is 3. The van der Waals surface area contributed by atoms with E-state index in [1.807, 2.05) is 4.90 Å². The number of hydrogen-bond donors (Lipinski definition) is 0. The minimum absolute atomic E-state index is 0.0558. The van der Waals surface area contributed by atoms with E-state index in [-0.39, 0.29) is 5.91 Å². The minimum atomic E-state index is 0.0558. The number of halogens is 1. The van der Waals surface area contributed by atoms with Gasteiger partial charge in [-0.25, -0.2) is 4.98 Å². The second kappa shape index (κ2) is 7.70. The molecule has 6 heteroatoms. The zero-order valence-electron chi connectivity index (χ0n) is 14.7. The lowest BCUT2D eigenvalue weighted by Gasteiger charge is -2.37. The van der Waals surface area contributed by atoms with Gasteiger partial charge in [0.2, 0.25) is 0 Å². The fourth-order valence-corrected chi connectivity index (χ4v) is 3.80. The summed E-state index contributed by atoms with van der Waals surface area (Å²) in [5.41, 5.74) is 0.603. The molecule has 0 spiro atoms. The molecule has 1 amide bonds. The van der Waals surface area contributed by atoms with E-state index in [4.69, 9.17) is 11.6 Å². The van der Waals surface area contributed by atoms with Crippen molar-refractivity contribution in [1.29, 1.82) is 0 Å². The Morgan fingerprint density at radius 2 is 1.75 bits per heavy atom. The Kier molecular flexibility index (Phi) is 5.61. The van der Waals surface area contributed by atoms with Crippen molar-refractivity contribution < 1.29 is 4.79 Å². The summed E-state index contributed by atoms with van der Waals surface area (Å²) in [6.45, 7) is 10.0. The molecule has 0 atom stereocenters. The summed E-state index contributed by atoms with van der Waals surface area (Å²) in [7, 11) is 0. The van der Waals surface area contributed by atoms with E-state index in [0.717, 1.165) is 57.9 Å². The molecule has 5 nitrogen and oxygen atoms in total. The summed E-state index contributed by atoms with van der Waals surface area (Å²) in [4.78, 5) is 23.7. The molecule has 24 heavy (non-hydrogen) atoms. The van der Waals surface area contributed by atoms with Crippen molar-refractivity contribution in [2.45, 2.75) is 39.2 Å². The van der Waals surface area contributed by atoms with Gasteiger partial charge in [-0.1, -0.05) is 11.6 Å². The number of pyridine rings is 1. The third kappa shape index (κ3) is 3.83. The number of piperazine rings is 1. The topological polar surface area (TPSA) is 39.7 Å². The molecule has 0 aliphatic carbocycles. The smallest absolute Gasteiger partial charge is 0.255 e. The summed E-state index contributed by atoms with van der Waals surface area (Å²) in [6, 6.07) is 2.36. The van der Waals surface area contributed by atoms with Gasteiger partial charge in [0.25, 0.3) is 5.91 Å². The lowest BCUT2D eigenvalue weighted by Crippen LogP contribution is -2.49. The lowest BCUT2D eigenvalue weighted by atomic mass is 10.1. The van der Waals surface area contributed by atoms with Crippen LogP contribution in [0.5, 0.6) is 0 Å². The van der Waals surface area contributed by atoms with Crippen LogP contribution >= 0.6 is 11.6 Å². The maximum atomic E-state index is 12.6. The minimum Gasteiger partial charge on any atom is -0.353 e. The van der Waals surface area contributed by atoms with Crippen LogP contribution in [0.25, 0.3) is 0 Å². The van der Waals surface area contributed by atoms with Gasteiger partial charge in [-0.05, 0) is 39.2 Å². The Bertz CT molecular complexity index is 578. The summed E-state index contributed by atoms with van der Waals surface area (Å²) < 4.78 is 0. The number of nitrogens with zero attached hydrogens (tertiary/aromatic N) is 4. The van der Waals surface area contributed by atoms with Gasteiger partial charge in [0, 0.05) is 51.5 Å². The van der Waals surface area contributed by atoms with Gasteiger partial charge < -0.3 is 9.80 Å². The number of hydrogen-bond acceptors (Lipinski definition) is 4. The molecule has 3 heterocycles. The fourth-order valence-electron chi connectivity index (χ4n) is 3.51. The molecular formula is C18H27ClN4O. The maximum Gasteiger partial charge on any atom is 0.255 e. The number of carbonyl (C=O) groups is 1. The monoisotopic (exact) mass is 350 g/mol. The highest BCUT2D eigenvalue weighted by atomic mass is 35.5. The molecule has 1 aromatic heterocycles. The second-order valence-corrected chi connectivity index (χ2v) is 7.41. The van der Waals surface area contributed by atoms with E-state index in [2.05, 4.69) is 28.6 Å². The predicted octanol–water partition coefficient (Wildman–Crippen LogP) is 2.89. The normalized spacial score (nSPS) is 19.8. The highest BCUT2D eigenvalue weighted by Crippen LogP contribution is 2.26. The Morgan fingerprint density at radius 1 is 1.08 bits per heavy atom. The van der Waals surface area contributed by atoms with Crippen LogP contribution in [0, 0.1) is 0 Å². The molecule has 0 unspecified atom stereocenters. The van der Waals surface area contributed by atoms with E-state index in [0.29, 0.717) is 16.6 Å². The summed E-state index contributed by atoms with van der Waals surface area (Å²) >= 11 is 6.46. The molecule has 0 N–H and O–H groups in total. The van der Waals surface area contributed by atoms with Gasteiger partial charge in [0.15, 0.2) is 0 Å². The Labute approximate surface area is 149 Å². The second-order valence-electron chi connectivity index (χ2n) is 7.00. The first kappa shape index (κ1) is 17.5. The third-order valence-electron chi connectivity index (χ3n) is 5.06. The van der Waals surface area contributed by atoms with Gasteiger partial charge in [-0.15, -0.1) is 0 Å². The van der Waals surface area contributed by atoms with Gasteiger partial charge in [-0.2, -0.15) is 0 Å². The molecule has 0 bridgehead atoms. The van der Waals surface area contributed by atoms with E-state index < -0.39 is 0 Å². The van der Waals surface area contributed by atoms with Crippen molar-refractivity contribution in [3.8, 4) is 0 Å². The molecule has 2 aliphatic heterocycles. The average Bonchev–Trinajstić information content (AvgIpc) is 2.62. The van der Waals surface area contributed by atoms with Crippen LogP contribution < -0.4 is 4.90 Å². The van der Waals surface area contributed by atoms with Crippen LogP contribution in [0.2, 0.25) is 5.02 Å². The fraction of sp³-hybridized carbons (Fsp3) is 0.667. The van der Waals surface area contributed by atoms with Gasteiger partial charge in [0.1, 0.15) is 5.82 Å². The van der Waals surface area contributed by atoms with Crippen molar-refractivity contribution in [2.24, 2.45) is 0 Å².